The summed E-state index contributed by atoms with van der Waals surface area (Å²) in [6.45, 7) is 3.69. The molecule has 0 fully saturated rings. The molecule has 15 heavy (non-hydrogen) atoms. The average Bonchev–Trinajstić information content (AvgIpc) is 2.70. The molecule has 0 spiro atoms. The molecule has 0 N–H and O–H groups in total. The lowest BCUT2D eigenvalue weighted by Crippen LogP contribution is -2.32. The molecule has 1 aromatic heterocycles. The Balaban J connectivity index is 2.52. The van der Waals surface area contributed by atoms with Crippen LogP contribution < -0.4 is 0 Å². The van der Waals surface area contributed by atoms with Gasteiger partial charge >= 0.3 is 0 Å². The average molecular weight is 220 g/mol. The van der Waals surface area contributed by atoms with Crippen LogP contribution in [0.2, 0.25) is 0 Å². The van der Waals surface area contributed by atoms with Crippen LogP contribution in [0.15, 0.2) is 23.6 Å². The third-order valence-electron chi connectivity index (χ3n) is 2.81. The van der Waals surface area contributed by atoms with Gasteiger partial charge in [0.1, 0.15) is 0 Å². The van der Waals surface area contributed by atoms with Gasteiger partial charge in [-0.05, 0) is 18.4 Å². The third-order valence-corrected chi connectivity index (χ3v) is 3.74. The minimum atomic E-state index is -0.270. The van der Waals surface area contributed by atoms with Crippen LogP contribution in [-0.4, -0.2) is 11.6 Å². The van der Waals surface area contributed by atoms with Crippen LogP contribution in [0.25, 0.3) is 0 Å². The van der Waals surface area contributed by atoms with Crippen LogP contribution in [0.4, 0.5) is 0 Å². The van der Waals surface area contributed by atoms with E-state index in [0.717, 1.165) is 0 Å². The summed E-state index contributed by atoms with van der Waals surface area (Å²) in [5, 5.41) is 1.81. The molecule has 1 aromatic rings. The molecule has 0 saturated heterocycles. The number of rotatable bonds is 1. The highest BCUT2D eigenvalue weighted by Gasteiger charge is 2.37. The van der Waals surface area contributed by atoms with Gasteiger partial charge in [0.25, 0.3) is 0 Å². The number of carbonyl (C=O) groups is 2. The van der Waals surface area contributed by atoms with Crippen molar-refractivity contribution in [1.82, 2.24) is 0 Å². The summed E-state index contributed by atoms with van der Waals surface area (Å²) in [5.41, 5.74) is 0.609. The molecule has 2 rings (SSSR count). The first-order valence-corrected chi connectivity index (χ1v) is 5.83. The largest absolute Gasteiger partial charge is 0.294 e. The first kappa shape index (κ1) is 10.3. The van der Waals surface area contributed by atoms with Gasteiger partial charge in [-0.1, -0.05) is 19.1 Å². The highest BCUT2D eigenvalue weighted by molar-refractivity contribution is 7.12. The highest BCUT2D eigenvalue weighted by Crippen LogP contribution is 2.33. The summed E-state index contributed by atoms with van der Waals surface area (Å²) in [7, 11) is 0. The first-order valence-electron chi connectivity index (χ1n) is 4.95. The maximum atomic E-state index is 12.0. The van der Waals surface area contributed by atoms with Gasteiger partial charge in [-0.3, -0.25) is 9.59 Å². The van der Waals surface area contributed by atoms with E-state index in [9.17, 15) is 9.59 Å². The summed E-state index contributed by atoms with van der Waals surface area (Å²) in [6, 6.07) is 1.75. The van der Waals surface area contributed by atoms with Gasteiger partial charge in [0.2, 0.25) is 0 Å². The molecule has 1 heterocycles. The summed E-state index contributed by atoms with van der Waals surface area (Å²) < 4.78 is 0. The van der Waals surface area contributed by atoms with Crippen LogP contribution in [0.3, 0.4) is 0 Å². The molecule has 3 heteroatoms. The number of fused-ring (bicyclic) bond motifs is 1. The van der Waals surface area contributed by atoms with Crippen molar-refractivity contribution in [2.45, 2.75) is 13.8 Å². The lowest BCUT2D eigenvalue weighted by molar-refractivity contribution is 0.0788. The summed E-state index contributed by atoms with van der Waals surface area (Å²) in [6.07, 6.45) is 3.67. The van der Waals surface area contributed by atoms with E-state index >= 15 is 0 Å². The predicted molar refractivity (Wildman–Crippen MR) is 60.4 cm³/mol. The second-order valence-electron chi connectivity index (χ2n) is 3.73. The number of thiophene rings is 1. The Hall–Kier alpha value is -1.22. The molecule has 0 aliphatic heterocycles. The Morgan fingerprint density at radius 1 is 1.33 bits per heavy atom. The Labute approximate surface area is 92.6 Å². The van der Waals surface area contributed by atoms with Crippen molar-refractivity contribution in [1.29, 1.82) is 0 Å². The minimum absolute atomic E-state index is 0.0881. The van der Waals surface area contributed by atoms with Crippen molar-refractivity contribution in [3.8, 4) is 0 Å². The maximum Gasteiger partial charge on any atom is 0.181 e. The van der Waals surface area contributed by atoms with E-state index in [1.54, 1.807) is 6.07 Å². The molecular formula is C12H12O2S. The molecule has 2 unspecified atom stereocenters. The van der Waals surface area contributed by atoms with E-state index in [1.165, 1.54) is 11.3 Å². The van der Waals surface area contributed by atoms with Crippen LogP contribution in [-0.2, 0) is 0 Å². The molecule has 0 aromatic carbocycles. The van der Waals surface area contributed by atoms with E-state index in [0.29, 0.717) is 10.4 Å². The van der Waals surface area contributed by atoms with Crippen molar-refractivity contribution in [3.05, 3.63) is 34.0 Å². The number of hydrogen-bond donors (Lipinski definition) is 0. The number of carbonyl (C=O) groups excluding carboxylic acids is 2. The van der Waals surface area contributed by atoms with Crippen molar-refractivity contribution in [2.24, 2.45) is 11.8 Å². The molecule has 0 amide bonds. The molecule has 1 aliphatic rings. The second-order valence-corrected chi connectivity index (χ2v) is 4.65. The number of allylic oxidation sites excluding steroid dienone is 2. The predicted octanol–water partition coefficient (Wildman–Crippen LogP) is 2.96. The Bertz CT molecular complexity index is 442. The lowest BCUT2D eigenvalue weighted by Gasteiger charge is -2.23. The zero-order valence-corrected chi connectivity index (χ0v) is 9.51. The summed E-state index contributed by atoms with van der Waals surface area (Å²) in [4.78, 5) is 24.6. The monoisotopic (exact) mass is 220 g/mol. The van der Waals surface area contributed by atoms with E-state index in [-0.39, 0.29) is 23.4 Å². The van der Waals surface area contributed by atoms with Crippen molar-refractivity contribution < 1.29 is 9.59 Å². The van der Waals surface area contributed by atoms with Gasteiger partial charge in [-0.25, -0.2) is 0 Å². The van der Waals surface area contributed by atoms with Gasteiger partial charge < -0.3 is 0 Å². The van der Waals surface area contributed by atoms with E-state index in [2.05, 4.69) is 0 Å². The fourth-order valence-electron chi connectivity index (χ4n) is 1.94. The zero-order chi connectivity index (χ0) is 11.0. The maximum absolute atomic E-state index is 12.0. The van der Waals surface area contributed by atoms with Gasteiger partial charge in [-0.15, -0.1) is 11.3 Å². The van der Waals surface area contributed by atoms with E-state index in [4.69, 9.17) is 0 Å². The molecule has 1 aliphatic carbocycles. The molecule has 78 valence electrons. The van der Waals surface area contributed by atoms with Crippen molar-refractivity contribution >= 4 is 22.9 Å². The molecule has 0 bridgehead atoms. The first-order chi connectivity index (χ1) is 7.16. The number of Topliss-reactive ketones (excluding diaryl/α,β-unsaturated/α-hetero) is 2. The van der Waals surface area contributed by atoms with Gasteiger partial charge in [-0.2, -0.15) is 0 Å². The summed E-state index contributed by atoms with van der Waals surface area (Å²) >= 11 is 1.36. The molecule has 2 atom stereocenters. The normalized spacial score (nSPS) is 26.0. The van der Waals surface area contributed by atoms with Crippen molar-refractivity contribution in [2.75, 3.05) is 0 Å². The standard InChI is InChI=1S/C12H12O2S/c1-3-4-8-7(2)10(13)9-5-6-15-12(9)11(8)14/h3-8H,1-2H3/b4-3-. The van der Waals surface area contributed by atoms with E-state index in [1.807, 2.05) is 31.4 Å². The lowest BCUT2D eigenvalue weighted by atomic mass is 9.78. The van der Waals surface area contributed by atoms with Gasteiger partial charge in [0, 0.05) is 11.5 Å². The molecule has 0 radical (unpaired) electrons. The van der Waals surface area contributed by atoms with Crippen molar-refractivity contribution in [3.63, 3.8) is 0 Å². The fourth-order valence-corrected chi connectivity index (χ4v) is 2.83. The molecular weight excluding hydrogens is 208 g/mol. The number of hydrogen-bond acceptors (Lipinski definition) is 3. The third kappa shape index (κ3) is 1.47. The molecule has 0 saturated carbocycles. The highest BCUT2D eigenvalue weighted by atomic mass is 32.1. The Morgan fingerprint density at radius 2 is 2.07 bits per heavy atom. The van der Waals surface area contributed by atoms with Gasteiger partial charge in [0.15, 0.2) is 11.6 Å². The second kappa shape index (κ2) is 3.74. The minimum Gasteiger partial charge on any atom is -0.294 e. The van der Waals surface area contributed by atoms with Crippen LogP contribution in [0.5, 0.6) is 0 Å². The fraction of sp³-hybridized carbons (Fsp3) is 0.333. The quantitative estimate of drug-likeness (QED) is 0.682. The SMILES string of the molecule is C/C=C\C1C(=O)c2sccc2C(=O)C1C. The summed E-state index contributed by atoms with van der Waals surface area (Å²) in [5.74, 6) is -0.316. The van der Waals surface area contributed by atoms with Crippen LogP contribution >= 0.6 is 11.3 Å². The topological polar surface area (TPSA) is 34.1 Å². The zero-order valence-electron chi connectivity index (χ0n) is 8.69. The van der Waals surface area contributed by atoms with Gasteiger partial charge in [0.05, 0.1) is 10.8 Å². The Kier molecular flexibility index (Phi) is 2.57. The number of ketones is 2. The van der Waals surface area contributed by atoms with E-state index < -0.39 is 0 Å². The van der Waals surface area contributed by atoms with Crippen LogP contribution in [0.1, 0.15) is 33.9 Å². The van der Waals surface area contributed by atoms with Crippen LogP contribution in [0, 0.1) is 11.8 Å². The Morgan fingerprint density at radius 3 is 2.73 bits per heavy atom. The molecule has 2 nitrogen and oxygen atoms in total. The smallest absolute Gasteiger partial charge is 0.181 e.